The van der Waals surface area contributed by atoms with E-state index in [4.69, 9.17) is 9.47 Å². The first-order chi connectivity index (χ1) is 13.3. The van der Waals surface area contributed by atoms with Gasteiger partial charge < -0.3 is 9.47 Å². The van der Waals surface area contributed by atoms with Crippen LogP contribution in [0.3, 0.4) is 0 Å². The Hall–Kier alpha value is -3.73. The molecule has 0 spiro atoms. The molecular weight excluding hydrogens is 340 g/mol. The second kappa shape index (κ2) is 7.25. The molecule has 0 bridgehead atoms. The van der Waals surface area contributed by atoms with Crippen molar-refractivity contribution < 1.29 is 14.3 Å². The van der Waals surface area contributed by atoms with Crippen LogP contribution >= 0.6 is 0 Å². The molecule has 0 N–H and O–H groups in total. The summed E-state index contributed by atoms with van der Waals surface area (Å²) < 4.78 is 11.3. The summed E-state index contributed by atoms with van der Waals surface area (Å²) in [5.74, 6) is 1.30. The normalized spacial score (nSPS) is 10.6. The van der Waals surface area contributed by atoms with Gasteiger partial charge in [0.2, 0.25) is 5.88 Å². The van der Waals surface area contributed by atoms with Crippen LogP contribution < -0.4 is 9.47 Å². The number of methoxy groups -OCH3 is 1. The smallest absolute Gasteiger partial charge is 0.246 e. The summed E-state index contributed by atoms with van der Waals surface area (Å²) >= 11 is 0. The molecule has 4 rings (SSSR count). The molecule has 5 nitrogen and oxygen atoms in total. The fourth-order valence-corrected chi connectivity index (χ4v) is 2.91. The number of aldehydes is 1. The van der Waals surface area contributed by atoms with Gasteiger partial charge in [0.15, 0.2) is 11.5 Å². The van der Waals surface area contributed by atoms with E-state index in [1.165, 1.54) is 7.11 Å². The van der Waals surface area contributed by atoms with E-state index in [0.717, 1.165) is 28.3 Å². The van der Waals surface area contributed by atoms with E-state index in [0.29, 0.717) is 22.9 Å². The molecule has 0 saturated carbocycles. The Balaban J connectivity index is 1.82. The average molecular weight is 356 g/mol. The SMILES string of the molecule is COc1cc(C=O)ccc1Oc1nnc(-c2ccccc2)c2ccccc12. The lowest BCUT2D eigenvalue weighted by Gasteiger charge is -2.12. The monoisotopic (exact) mass is 356 g/mol. The highest BCUT2D eigenvalue weighted by molar-refractivity contribution is 5.97. The maximum absolute atomic E-state index is 11.0. The van der Waals surface area contributed by atoms with Crippen LogP contribution in [-0.4, -0.2) is 23.6 Å². The van der Waals surface area contributed by atoms with Crippen LogP contribution in [0, 0.1) is 0 Å². The lowest BCUT2D eigenvalue weighted by atomic mass is 10.1. The van der Waals surface area contributed by atoms with Crippen molar-refractivity contribution in [2.45, 2.75) is 0 Å². The Morgan fingerprint density at radius 3 is 2.30 bits per heavy atom. The number of nitrogens with zero attached hydrogens (tertiary/aromatic N) is 2. The zero-order valence-electron chi connectivity index (χ0n) is 14.6. The lowest BCUT2D eigenvalue weighted by molar-refractivity contribution is 0.112. The molecule has 27 heavy (non-hydrogen) atoms. The Kier molecular flexibility index (Phi) is 4.49. The van der Waals surface area contributed by atoms with Crippen molar-refractivity contribution in [1.29, 1.82) is 0 Å². The highest BCUT2D eigenvalue weighted by Gasteiger charge is 2.14. The fourth-order valence-electron chi connectivity index (χ4n) is 2.91. The largest absolute Gasteiger partial charge is 0.493 e. The number of rotatable bonds is 5. The molecule has 0 aliphatic heterocycles. The molecule has 0 amide bonds. The molecule has 0 atom stereocenters. The standard InChI is InChI=1S/C22H16N2O3/c1-26-20-13-15(14-25)11-12-19(20)27-22-18-10-6-5-9-17(18)21(23-24-22)16-7-3-2-4-8-16/h2-14H,1H3. The predicted molar refractivity (Wildman–Crippen MR) is 103 cm³/mol. The van der Waals surface area contributed by atoms with Crippen molar-refractivity contribution in [1.82, 2.24) is 10.2 Å². The summed E-state index contributed by atoms with van der Waals surface area (Å²) in [7, 11) is 1.53. The third-order valence-corrected chi connectivity index (χ3v) is 4.23. The Labute approximate surface area is 156 Å². The molecule has 1 heterocycles. The van der Waals surface area contributed by atoms with E-state index >= 15 is 0 Å². The molecule has 0 radical (unpaired) electrons. The van der Waals surface area contributed by atoms with E-state index in [1.54, 1.807) is 18.2 Å². The summed E-state index contributed by atoms with van der Waals surface area (Å²) in [4.78, 5) is 11.0. The molecule has 0 aliphatic carbocycles. The number of carbonyl (C=O) groups is 1. The molecule has 0 saturated heterocycles. The van der Waals surface area contributed by atoms with Gasteiger partial charge in [0.05, 0.1) is 7.11 Å². The van der Waals surface area contributed by atoms with Crippen molar-refractivity contribution in [3.63, 3.8) is 0 Å². The van der Waals surface area contributed by atoms with Gasteiger partial charge >= 0.3 is 0 Å². The summed E-state index contributed by atoms with van der Waals surface area (Å²) in [6, 6.07) is 22.7. The summed E-state index contributed by atoms with van der Waals surface area (Å²) in [6.45, 7) is 0. The van der Waals surface area contributed by atoms with Crippen LogP contribution in [-0.2, 0) is 0 Å². The molecule has 5 heteroatoms. The molecule has 132 valence electrons. The van der Waals surface area contributed by atoms with Gasteiger partial charge in [-0.2, -0.15) is 0 Å². The van der Waals surface area contributed by atoms with E-state index in [9.17, 15) is 4.79 Å². The maximum atomic E-state index is 11.0. The molecular formula is C22H16N2O3. The second-order valence-electron chi connectivity index (χ2n) is 5.90. The van der Waals surface area contributed by atoms with Gasteiger partial charge in [-0.1, -0.05) is 48.5 Å². The number of hydrogen-bond acceptors (Lipinski definition) is 5. The molecule has 1 aromatic heterocycles. The Bertz CT molecular complexity index is 1110. The molecule has 0 aliphatic rings. The van der Waals surface area contributed by atoms with Gasteiger partial charge in [-0.25, -0.2) is 0 Å². The topological polar surface area (TPSA) is 61.3 Å². The first kappa shape index (κ1) is 16.7. The molecule has 0 unspecified atom stereocenters. The average Bonchev–Trinajstić information content (AvgIpc) is 2.75. The van der Waals surface area contributed by atoms with Gasteiger partial charge in [0, 0.05) is 21.9 Å². The third-order valence-electron chi connectivity index (χ3n) is 4.23. The molecule has 3 aromatic carbocycles. The Morgan fingerprint density at radius 2 is 1.56 bits per heavy atom. The maximum Gasteiger partial charge on any atom is 0.246 e. The van der Waals surface area contributed by atoms with Gasteiger partial charge in [-0.3, -0.25) is 4.79 Å². The van der Waals surface area contributed by atoms with Crippen LogP contribution in [0.4, 0.5) is 0 Å². The van der Waals surface area contributed by atoms with Crippen LogP contribution in [0.5, 0.6) is 17.4 Å². The van der Waals surface area contributed by atoms with Crippen molar-refractivity contribution in [2.24, 2.45) is 0 Å². The van der Waals surface area contributed by atoms with Crippen LogP contribution in [0.15, 0.2) is 72.8 Å². The van der Waals surface area contributed by atoms with E-state index in [-0.39, 0.29) is 0 Å². The second-order valence-corrected chi connectivity index (χ2v) is 5.90. The van der Waals surface area contributed by atoms with E-state index in [1.807, 2.05) is 54.6 Å². The summed E-state index contributed by atoms with van der Waals surface area (Å²) in [5.41, 5.74) is 2.29. The summed E-state index contributed by atoms with van der Waals surface area (Å²) in [5, 5.41) is 10.5. The van der Waals surface area contributed by atoms with Gasteiger partial charge in [0.1, 0.15) is 12.0 Å². The zero-order chi connectivity index (χ0) is 18.6. The zero-order valence-corrected chi connectivity index (χ0v) is 14.6. The highest BCUT2D eigenvalue weighted by atomic mass is 16.5. The fraction of sp³-hybridized carbons (Fsp3) is 0.0455. The van der Waals surface area contributed by atoms with Gasteiger partial charge in [0.25, 0.3) is 0 Å². The highest BCUT2D eigenvalue weighted by Crippen LogP contribution is 2.36. The van der Waals surface area contributed by atoms with Crippen molar-refractivity contribution in [3.8, 4) is 28.6 Å². The van der Waals surface area contributed by atoms with Crippen molar-refractivity contribution in [3.05, 3.63) is 78.4 Å². The van der Waals surface area contributed by atoms with Crippen LogP contribution in [0.1, 0.15) is 10.4 Å². The Morgan fingerprint density at radius 1 is 0.815 bits per heavy atom. The number of hydrogen-bond donors (Lipinski definition) is 0. The first-order valence-corrected chi connectivity index (χ1v) is 8.42. The quantitative estimate of drug-likeness (QED) is 0.476. The predicted octanol–water partition coefficient (Wildman–Crippen LogP) is 4.91. The van der Waals surface area contributed by atoms with E-state index in [2.05, 4.69) is 10.2 Å². The number of benzene rings is 3. The van der Waals surface area contributed by atoms with Crippen LogP contribution in [0.25, 0.3) is 22.0 Å². The number of carbonyl (C=O) groups excluding carboxylic acids is 1. The molecule has 4 aromatic rings. The lowest BCUT2D eigenvalue weighted by Crippen LogP contribution is -1.97. The van der Waals surface area contributed by atoms with Crippen molar-refractivity contribution in [2.75, 3.05) is 7.11 Å². The third kappa shape index (κ3) is 3.22. The minimum atomic E-state index is 0.377. The minimum Gasteiger partial charge on any atom is -0.493 e. The van der Waals surface area contributed by atoms with Gasteiger partial charge in [-0.15, -0.1) is 10.2 Å². The number of fused-ring (bicyclic) bond motifs is 1. The number of aromatic nitrogens is 2. The van der Waals surface area contributed by atoms with Gasteiger partial charge in [-0.05, 0) is 24.3 Å². The van der Waals surface area contributed by atoms with Crippen molar-refractivity contribution >= 4 is 17.1 Å². The number of ether oxygens (including phenoxy) is 2. The summed E-state index contributed by atoms with van der Waals surface area (Å²) in [6.07, 6.45) is 0.760. The minimum absolute atomic E-state index is 0.377. The molecule has 0 fully saturated rings. The van der Waals surface area contributed by atoms with E-state index < -0.39 is 0 Å². The van der Waals surface area contributed by atoms with Crippen LogP contribution in [0.2, 0.25) is 0 Å². The first-order valence-electron chi connectivity index (χ1n) is 8.42.